The highest BCUT2D eigenvalue weighted by Crippen LogP contribution is 2.15. The van der Waals surface area contributed by atoms with E-state index < -0.39 is 0 Å². The number of nitrogens with one attached hydrogen (secondary N) is 2. The molecule has 0 saturated heterocycles. The first kappa shape index (κ1) is 15.1. The molecule has 0 radical (unpaired) electrons. The Balaban J connectivity index is 2.08. The fraction of sp³-hybridized carbons (Fsp3) is 0.118. The molecule has 0 aliphatic carbocycles. The second kappa shape index (κ2) is 7.50. The summed E-state index contributed by atoms with van der Waals surface area (Å²) in [4.78, 5) is 12.1. The van der Waals surface area contributed by atoms with Gasteiger partial charge in [-0.1, -0.05) is 67.1 Å². The average molecular weight is 301 g/mol. The maximum atomic E-state index is 12.1. The van der Waals surface area contributed by atoms with Crippen molar-refractivity contribution in [3.8, 4) is 0 Å². The molecule has 2 aromatic rings. The molecule has 21 heavy (non-hydrogen) atoms. The molecular formula is C17H17ClN2O. The van der Waals surface area contributed by atoms with Gasteiger partial charge in [-0.15, -0.1) is 0 Å². The zero-order valence-electron chi connectivity index (χ0n) is 11.8. The number of carbonyl (C=O) groups is 1. The van der Waals surface area contributed by atoms with Crippen molar-refractivity contribution in [2.24, 2.45) is 0 Å². The summed E-state index contributed by atoms with van der Waals surface area (Å²) in [6, 6.07) is 16.8. The summed E-state index contributed by atoms with van der Waals surface area (Å²) in [5.41, 5.74) is 7.96. The third-order valence-electron chi connectivity index (χ3n) is 2.92. The van der Waals surface area contributed by atoms with Gasteiger partial charge in [-0.25, -0.2) is 0 Å². The summed E-state index contributed by atoms with van der Waals surface area (Å²) >= 11 is 6.01. The minimum Gasteiger partial charge on any atom is -0.298 e. The van der Waals surface area contributed by atoms with Crippen molar-refractivity contribution in [2.45, 2.75) is 13.3 Å². The lowest BCUT2D eigenvalue weighted by Gasteiger charge is -2.13. The number of allylic oxidation sites excluding steroid dienone is 1. The van der Waals surface area contributed by atoms with Crippen molar-refractivity contribution in [1.82, 2.24) is 10.9 Å². The van der Waals surface area contributed by atoms with E-state index >= 15 is 0 Å². The van der Waals surface area contributed by atoms with Crippen LogP contribution in [0, 0.1) is 0 Å². The van der Waals surface area contributed by atoms with Gasteiger partial charge >= 0.3 is 0 Å². The highest BCUT2D eigenvalue weighted by Gasteiger charge is 2.09. The number of halogens is 1. The van der Waals surface area contributed by atoms with Gasteiger partial charge in [0.1, 0.15) is 0 Å². The van der Waals surface area contributed by atoms with Crippen molar-refractivity contribution >= 4 is 23.2 Å². The molecule has 0 atom stereocenters. The van der Waals surface area contributed by atoms with Crippen LogP contribution in [-0.2, 0) is 0 Å². The number of hydrogen-bond acceptors (Lipinski definition) is 2. The lowest BCUT2D eigenvalue weighted by atomic mass is 10.1. The van der Waals surface area contributed by atoms with Gasteiger partial charge in [0.05, 0.1) is 16.3 Å². The van der Waals surface area contributed by atoms with E-state index in [4.69, 9.17) is 11.6 Å². The molecule has 1 amide bonds. The smallest absolute Gasteiger partial charge is 0.271 e. The van der Waals surface area contributed by atoms with E-state index in [1.54, 1.807) is 24.3 Å². The van der Waals surface area contributed by atoms with Crippen LogP contribution >= 0.6 is 11.6 Å². The summed E-state index contributed by atoms with van der Waals surface area (Å²) in [6.07, 6.45) is 2.88. The molecule has 2 rings (SSSR count). The van der Waals surface area contributed by atoms with Gasteiger partial charge in [0, 0.05) is 0 Å². The highest BCUT2D eigenvalue weighted by atomic mass is 35.5. The number of hydrazine groups is 1. The van der Waals surface area contributed by atoms with E-state index in [1.165, 1.54) is 0 Å². The zero-order chi connectivity index (χ0) is 15.1. The summed E-state index contributed by atoms with van der Waals surface area (Å²) in [5.74, 6) is -0.265. The average Bonchev–Trinajstić information content (AvgIpc) is 2.52. The molecule has 0 aliphatic heterocycles. The molecule has 0 unspecified atom stereocenters. The molecule has 0 heterocycles. The number of carbonyl (C=O) groups excluding carboxylic acids is 1. The Bertz CT molecular complexity index is 638. The largest absolute Gasteiger partial charge is 0.298 e. The maximum Gasteiger partial charge on any atom is 0.271 e. The molecular weight excluding hydrogens is 284 g/mol. The maximum absolute atomic E-state index is 12.1. The predicted octanol–water partition coefficient (Wildman–Crippen LogP) is 4.03. The Kier molecular flexibility index (Phi) is 5.41. The number of hydrogen-bond donors (Lipinski definition) is 2. The molecule has 108 valence electrons. The molecule has 3 nitrogen and oxygen atoms in total. The first-order valence-corrected chi connectivity index (χ1v) is 7.16. The Morgan fingerprint density at radius 3 is 2.38 bits per heavy atom. The second-order valence-electron chi connectivity index (χ2n) is 4.45. The van der Waals surface area contributed by atoms with Crippen LogP contribution in [-0.4, -0.2) is 5.91 Å². The van der Waals surface area contributed by atoms with Crippen LogP contribution in [0.5, 0.6) is 0 Å². The molecule has 0 aromatic heterocycles. The SMILES string of the molecule is CCC=C(NNC(=O)c1ccccc1Cl)c1ccccc1. The Morgan fingerprint density at radius 1 is 1.05 bits per heavy atom. The summed E-state index contributed by atoms with van der Waals surface area (Å²) in [6.45, 7) is 2.04. The first-order chi connectivity index (χ1) is 10.2. The van der Waals surface area contributed by atoms with Gasteiger partial charge in [-0.3, -0.25) is 15.6 Å². The quantitative estimate of drug-likeness (QED) is 0.819. The van der Waals surface area contributed by atoms with E-state index in [9.17, 15) is 4.79 Å². The van der Waals surface area contributed by atoms with E-state index in [0.29, 0.717) is 10.6 Å². The van der Waals surface area contributed by atoms with Crippen LogP contribution in [0.25, 0.3) is 5.70 Å². The molecule has 4 heteroatoms. The molecule has 0 spiro atoms. The Labute approximate surface area is 129 Å². The van der Waals surface area contributed by atoms with Crippen LogP contribution in [0.4, 0.5) is 0 Å². The van der Waals surface area contributed by atoms with Crippen LogP contribution in [0.3, 0.4) is 0 Å². The van der Waals surface area contributed by atoms with Gasteiger partial charge in [-0.2, -0.15) is 0 Å². The second-order valence-corrected chi connectivity index (χ2v) is 4.86. The van der Waals surface area contributed by atoms with Gasteiger partial charge in [0.2, 0.25) is 0 Å². The van der Waals surface area contributed by atoms with E-state index in [-0.39, 0.29) is 5.91 Å². The van der Waals surface area contributed by atoms with E-state index in [0.717, 1.165) is 17.7 Å². The van der Waals surface area contributed by atoms with Crippen molar-refractivity contribution < 1.29 is 4.79 Å². The van der Waals surface area contributed by atoms with Crippen molar-refractivity contribution in [3.63, 3.8) is 0 Å². The topological polar surface area (TPSA) is 41.1 Å². The van der Waals surface area contributed by atoms with Crippen molar-refractivity contribution in [3.05, 3.63) is 76.8 Å². The van der Waals surface area contributed by atoms with Crippen LogP contribution in [0.2, 0.25) is 5.02 Å². The normalized spacial score (nSPS) is 11.0. The minimum atomic E-state index is -0.265. The van der Waals surface area contributed by atoms with Crippen LogP contribution in [0.1, 0.15) is 29.3 Å². The van der Waals surface area contributed by atoms with Gasteiger partial charge in [0.15, 0.2) is 0 Å². The minimum absolute atomic E-state index is 0.265. The van der Waals surface area contributed by atoms with Crippen molar-refractivity contribution in [1.29, 1.82) is 0 Å². The number of rotatable bonds is 5. The van der Waals surface area contributed by atoms with Gasteiger partial charge < -0.3 is 0 Å². The van der Waals surface area contributed by atoms with Crippen molar-refractivity contribution in [2.75, 3.05) is 0 Å². The van der Waals surface area contributed by atoms with Gasteiger partial charge in [-0.05, 0) is 24.1 Å². The fourth-order valence-electron chi connectivity index (χ4n) is 1.90. The lowest BCUT2D eigenvalue weighted by Crippen LogP contribution is -2.36. The van der Waals surface area contributed by atoms with Crippen LogP contribution in [0.15, 0.2) is 60.7 Å². The number of benzene rings is 2. The summed E-state index contributed by atoms with van der Waals surface area (Å²) in [5, 5.41) is 0.428. The van der Waals surface area contributed by atoms with E-state index in [1.807, 2.05) is 43.3 Å². The summed E-state index contributed by atoms with van der Waals surface area (Å²) in [7, 11) is 0. The standard InChI is InChI=1S/C17H17ClN2O/c1-2-8-16(13-9-4-3-5-10-13)19-20-17(21)14-11-6-7-12-15(14)18/h3-12,19H,2H2,1H3,(H,20,21). The molecule has 0 aliphatic rings. The Hall–Kier alpha value is -2.26. The van der Waals surface area contributed by atoms with E-state index in [2.05, 4.69) is 10.9 Å². The van der Waals surface area contributed by atoms with Crippen LogP contribution < -0.4 is 10.9 Å². The zero-order valence-corrected chi connectivity index (χ0v) is 12.5. The fourth-order valence-corrected chi connectivity index (χ4v) is 2.12. The third kappa shape index (κ3) is 4.10. The molecule has 2 aromatic carbocycles. The molecule has 0 bridgehead atoms. The predicted molar refractivity (Wildman–Crippen MR) is 86.8 cm³/mol. The number of amides is 1. The van der Waals surface area contributed by atoms with Gasteiger partial charge in [0.25, 0.3) is 5.91 Å². The molecule has 0 fully saturated rings. The molecule has 0 saturated carbocycles. The monoisotopic (exact) mass is 300 g/mol. The summed E-state index contributed by atoms with van der Waals surface area (Å²) < 4.78 is 0. The third-order valence-corrected chi connectivity index (χ3v) is 3.25. The molecule has 2 N–H and O–H groups in total. The highest BCUT2D eigenvalue weighted by molar-refractivity contribution is 6.33. The Morgan fingerprint density at radius 2 is 1.71 bits per heavy atom. The first-order valence-electron chi connectivity index (χ1n) is 6.79. The lowest BCUT2D eigenvalue weighted by molar-refractivity contribution is 0.0942.